The molecule has 1 saturated carbocycles. The predicted molar refractivity (Wildman–Crippen MR) is 97.1 cm³/mol. The Morgan fingerprint density at radius 3 is 2.64 bits per heavy atom. The molecule has 1 aliphatic carbocycles. The van der Waals surface area contributed by atoms with E-state index in [1.165, 1.54) is 18.9 Å². The Kier molecular flexibility index (Phi) is 5.44. The van der Waals surface area contributed by atoms with E-state index in [0.717, 1.165) is 0 Å². The van der Waals surface area contributed by atoms with Crippen LogP contribution in [0.2, 0.25) is 5.02 Å². The first-order chi connectivity index (χ1) is 11.9. The number of piperazine rings is 1. The molecule has 8 heteroatoms. The van der Waals surface area contributed by atoms with E-state index in [1.54, 1.807) is 12.1 Å². The largest absolute Gasteiger partial charge is 0.363 e. The first-order valence-corrected chi connectivity index (χ1v) is 9.02. The van der Waals surface area contributed by atoms with Crippen molar-refractivity contribution in [1.82, 2.24) is 10.2 Å². The molecule has 0 spiro atoms. The number of nitro groups is 1. The molecule has 0 aromatic heterocycles. The standard InChI is InChI=1S/C17H23ClN4O3/c1-12(13-2-3-13)19-17(23)11-20-6-8-21(9-7-20)15-5-4-14(18)10-16(15)22(24)25/h4-5,10,12-13H,2-3,6-9,11H2,1H3,(H,19,23). The van der Waals surface area contributed by atoms with Gasteiger partial charge in [0.25, 0.3) is 5.69 Å². The Morgan fingerprint density at radius 2 is 2.04 bits per heavy atom. The van der Waals surface area contributed by atoms with Gasteiger partial charge in [0, 0.05) is 43.3 Å². The number of anilines is 1. The molecule has 1 amide bonds. The van der Waals surface area contributed by atoms with Gasteiger partial charge in [0.05, 0.1) is 11.5 Å². The van der Waals surface area contributed by atoms with Crippen molar-refractivity contribution >= 4 is 28.9 Å². The summed E-state index contributed by atoms with van der Waals surface area (Å²) in [6.45, 7) is 5.14. The minimum Gasteiger partial charge on any atom is -0.363 e. The summed E-state index contributed by atoms with van der Waals surface area (Å²) in [5.41, 5.74) is 0.609. The molecule has 2 aliphatic rings. The zero-order valence-corrected chi connectivity index (χ0v) is 15.0. The van der Waals surface area contributed by atoms with E-state index in [0.29, 0.717) is 49.4 Å². The summed E-state index contributed by atoms with van der Waals surface area (Å²) in [4.78, 5) is 27.0. The lowest BCUT2D eigenvalue weighted by atomic mass is 10.2. The summed E-state index contributed by atoms with van der Waals surface area (Å²) < 4.78 is 0. The highest BCUT2D eigenvalue weighted by Crippen LogP contribution is 2.32. The van der Waals surface area contributed by atoms with E-state index in [-0.39, 0.29) is 17.6 Å². The van der Waals surface area contributed by atoms with Crippen LogP contribution in [0.4, 0.5) is 11.4 Å². The van der Waals surface area contributed by atoms with Gasteiger partial charge in [-0.3, -0.25) is 19.8 Å². The van der Waals surface area contributed by atoms with Crippen LogP contribution in [0.25, 0.3) is 0 Å². The maximum Gasteiger partial charge on any atom is 0.294 e. The third kappa shape index (κ3) is 4.61. The van der Waals surface area contributed by atoms with Crippen molar-refractivity contribution in [2.24, 2.45) is 5.92 Å². The van der Waals surface area contributed by atoms with Crippen molar-refractivity contribution in [2.75, 3.05) is 37.6 Å². The molecule has 1 saturated heterocycles. The molecule has 7 nitrogen and oxygen atoms in total. The number of benzene rings is 1. The van der Waals surface area contributed by atoms with Crippen molar-refractivity contribution in [3.63, 3.8) is 0 Å². The maximum atomic E-state index is 12.1. The van der Waals surface area contributed by atoms with Crippen molar-refractivity contribution in [3.05, 3.63) is 33.3 Å². The fourth-order valence-electron chi connectivity index (χ4n) is 3.27. The van der Waals surface area contributed by atoms with E-state index in [4.69, 9.17) is 11.6 Å². The minimum atomic E-state index is -0.402. The number of rotatable bonds is 6. The molecule has 1 atom stereocenters. The summed E-state index contributed by atoms with van der Waals surface area (Å²) >= 11 is 5.87. The number of amides is 1. The third-order valence-electron chi connectivity index (χ3n) is 4.93. The number of nitrogens with one attached hydrogen (secondary N) is 1. The number of nitro benzene ring substituents is 1. The van der Waals surface area contributed by atoms with Gasteiger partial charge in [-0.05, 0) is 37.8 Å². The Hall–Kier alpha value is -1.86. The molecule has 0 bridgehead atoms. The molecule has 1 N–H and O–H groups in total. The van der Waals surface area contributed by atoms with Gasteiger partial charge in [-0.25, -0.2) is 0 Å². The number of nitrogens with zero attached hydrogens (tertiary/aromatic N) is 3. The van der Waals surface area contributed by atoms with Crippen LogP contribution in [0.15, 0.2) is 18.2 Å². The zero-order chi connectivity index (χ0) is 18.0. The number of carbonyl (C=O) groups excluding carboxylic acids is 1. The molecule has 136 valence electrons. The SMILES string of the molecule is CC(NC(=O)CN1CCN(c2ccc(Cl)cc2[N+](=O)[O-])CC1)C1CC1. The average Bonchev–Trinajstić information content (AvgIpc) is 3.40. The van der Waals surface area contributed by atoms with Crippen LogP contribution in [-0.2, 0) is 4.79 Å². The normalized spacial score (nSPS) is 19.5. The highest BCUT2D eigenvalue weighted by Gasteiger charge is 2.30. The molecule has 1 aliphatic heterocycles. The highest BCUT2D eigenvalue weighted by atomic mass is 35.5. The molecule has 1 unspecified atom stereocenters. The number of hydrogen-bond donors (Lipinski definition) is 1. The van der Waals surface area contributed by atoms with Crippen molar-refractivity contribution < 1.29 is 9.72 Å². The van der Waals surface area contributed by atoms with E-state index >= 15 is 0 Å². The summed E-state index contributed by atoms with van der Waals surface area (Å²) in [7, 11) is 0. The lowest BCUT2D eigenvalue weighted by molar-refractivity contribution is -0.384. The van der Waals surface area contributed by atoms with Crippen LogP contribution in [0.1, 0.15) is 19.8 Å². The van der Waals surface area contributed by atoms with Crippen LogP contribution >= 0.6 is 11.6 Å². The van der Waals surface area contributed by atoms with Crippen molar-refractivity contribution in [1.29, 1.82) is 0 Å². The van der Waals surface area contributed by atoms with E-state index in [1.807, 2.05) is 4.90 Å². The molecule has 0 radical (unpaired) electrons. The molecule has 1 heterocycles. The Labute approximate surface area is 152 Å². The second-order valence-electron chi connectivity index (χ2n) is 6.85. The van der Waals surface area contributed by atoms with Crippen LogP contribution in [0.5, 0.6) is 0 Å². The Morgan fingerprint density at radius 1 is 1.36 bits per heavy atom. The molecule has 3 rings (SSSR count). The van der Waals surface area contributed by atoms with Gasteiger partial charge < -0.3 is 10.2 Å². The second-order valence-corrected chi connectivity index (χ2v) is 7.28. The second kappa shape index (κ2) is 7.58. The van der Waals surface area contributed by atoms with Crippen LogP contribution in [0, 0.1) is 16.0 Å². The maximum absolute atomic E-state index is 12.1. The lowest BCUT2D eigenvalue weighted by Crippen LogP contribution is -2.50. The number of halogens is 1. The van der Waals surface area contributed by atoms with Crippen molar-refractivity contribution in [2.45, 2.75) is 25.8 Å². The van der Waals surface area contributed by atoms with Gasteiger partial charge >= 0.3 is 0 Å². The topological polar surface area (TPSA) is 78.7 Å². The molecule has 2 fully saturated rings. The first kappa shape index (κ1) is 17.9. The third-order valence-corrected chi connectivity index (χ3v) is 5.17. The molecule has 1 aromatic rings. The fraction of sp³-hybridized carbons (Fsp3) is 0.588. The first-order valence-electron chi connectivity index (χ1n) is 8.64. The summed E-state index contributed by atoms with van der Waals surface area (Å²) in [6.07, 6.45) is 2.42. The Balaban J connectivity index is 1.53. The van der Waals surface area contributed by atoms with Crippen LogP contribution in [0.3, 0.4) is 0 Å². The Bertz CT molecular complexity index is 657. The minimum absolute atomic E-state index is 0.0250. The van der Waals surface area contributed by atoms with Crippen molar-refractivity contribution in [3.8, 4) is 0 Å². The number of carbonyl (C=O) groups is 1. The average molecular weight is 367 g/mol. The monoisotopic (exact) mass is 366 g/mol. The van der Waals surface area contributed by atoms with E-state index in [2.05, 4.69) is 17.1 Å². The van der Waals surface area contributed by atoms with Gasteiger partial charge in [-0.2, -0.15) is 0 Å². The lowest BCUT2D eigenvalue weighted by Gasteiger charge is -2.35. The van der Waals surface area contributed by atoms with Gasteiger partial charge in [0.2, 0.25) is 5.91 Å². The molecular weight excluding hydrogens is 344 g/mol. The van der Waals surface area contributed by atoms with Gasteiger partial charge in [-0.1, -0.05) is 11.6 Å². The molecule has 1 aromatic carbocycles. The summed E-state index contributed by atoms with van der Waals surface area (Å²) in [5, 5.41) is 14.7. The smallest absolute Gasteiger partial charge is 0.294 e. The summed E-state index contributed by atoms with van der Waals surface area (Å²) in [5.74, 6) is 0.705. The predicted octanol–water partition coefficient (Wildman–Crippen LogP) is 2.28. The van der Waals surface area contributed by atoms with Crippen LogP contribution < -0.4 is 10.2 Å². The molecule has 25 heavy (non-hydrogen) atoms. The van der Waals surface area contributed by atoms with Gasteiger partial charge in [0.15, 0.2) is 0 Å². The summed E-state index contributed by atoms with van der Waals surface area (Å²) in [6, 6.07) is 5.00. The van der Waals surface area contributed by atoms with E-state index < -0.39 is 4.92 Å². The fourth-order valence-corrected chi connectivity index (χ4v) is 3.44. The van der Waals surface area contributed by atoms with Crippen LogP contribution in [-0.4, -0.2) is 54.5 Å². The van der Waals surface area contributed by atoms with Gasteiger partial charge in [0.1, 0.15) is 5.69 Å². The quantitative estimate of drug-likeness (QED) is 0.617. The zero-order valence-electron chi connectivity index (χ0n) is 14.3. The van der Waals surface area contributed by atoms with E-state index in [9.17, 15) is 14.9 Å². The number of hydrogen-bond acceptors (Lipinski definition) is 5. The highest BCUT2D eigenvalue weighted by molar-refractivity contribution is 6.30. The molecular formula is C17H23ClN4O3. The van der Waals surface area contributed by atoms with Gasteiger partial charge in [-0.15, -0.1) is 0 Å².